The van der Waals surface area contributed by atoms with Crippen molar-refractivity contribution in [2.24, 2.45) is 0 Å². The third kappa shape index (κ3) is 3.51. The molecule has 0 spiro atoms. The van der Waals surface area contributed by atoms with E-state index in [2.05, 4.69) is 5.32 Å². The van der Waals surface area contributed by atoms with Crippen molar-refractivity contribution >= 4 is 11.6 Å². The molecule has 1 N–H and O–H groups in total. The zero-order chi connectivity index (χ0) is 18.7. The first-order valence-corrected chi connectivity index (χ1v) is 8.99. The van der Waals surface area contributed by atoms with E-state index in [0.29, 0.717) is 11.4 Å². The Morgan fingerprint density at radius 3 is 2.19 bits per heavy atom. The van der Waals surface area contributed by atoms with E-state index in [-0.39, 0.29) is 5.91 Å². The van der Waals surface area contributed by atoms with Gasteiger partial charge in [-0.25, -0.2) is 0 Å². The van der Waals surface area contributed by atoms with Gasteiger partial charge in [0.1, 0.15) is 11.5 Å². The fraction of sp³-hybridized carbons (Fsp3) is 0.174. The lowest BCUT2D eigenvalue weighted by Gasteiger charge is -2.18. The van der Waals surface area contributed by atoms with Crippen molar-refractivity contribution in [1.29, 1.82) is 0 Å². The van der Waals surface area contributed by atoms with Gasteiger partial charge in [-0.3, -0.25) is 4.79 Å². The van der Waals surface area contributed by atoms with E-state index in [9.17, 15) is 4.79 Å². The lowest BCUT2D eigenvalue weighted by Crippen LogP contribution is -2.27. The molecule has 4 rings (SSSR count). The highest BCUT2D eigenvalue weighted by molar-refractivity contribution is 6.02. The molecule has 0 radical (unpaired) electrons. The number of carbonyl (C=O) groups excluding carboxylic acids is 1. The van der Waals surface area contributed by atoms with Crippen LogP contribution < -0.4 is 14.8 Å². The molecule has 0 aliphatic heterocycles. The summed E-state index contributed by atoms with van der Waals surface area (Å²) in [4.78, 5) is 13.1. The smallest absolute Gasteiger partial charge is 0.235 e. The first-order valence-electron chi connectivity index (χ1n) is 8.99. The number of anilines is 1. The Morgan fingerprint density at radius 1 is 0.852 bits per heavy atom. The number of ether oxygens (including phenoxy) is 2. The Kier molecular flexibility index (Phi) is 4.55. The van der Waals surface area contributed by atoms with Crippen LogP contribution in [-0.4, -0.2) is 13.0 Å². The standard InChI is InChI=1S/C23H21NO3/c1-26-18-13-11-17(12-14-18)23(15-16-23)22(25)24-20-9-5-6-10-21(20)27-19-7-3-2-4-8-19/h2-14H,15-16H2,1H3,(H,24,25). The summed E-state index contributed by atoms with van der Waals surface area (Å²) >= 11 is 0. The van der Waals surface area contributed by atoms with E-state index in [1.54, 1.807) is 7.11 Å². The van der Waals surface area contributed by atoms with Gasteiger partial charge in [0.15, 0.2) is 5.75 Å². The van der Waals surface area contributed by atoms with Gasteiger partial charge < -0.3 is 14.8 Å². The number of carbonyl (C=O) groups is 1. The molecular weight excluding hydrogens is 338 g/mol. The van der Waals surface area contributed by atoms with Crippen LogP contribution >= 0.6 is 0 Å². The predicted octanol–water partition coefficient (Wildman–Crippen LogP) is 5.16. The summed E-state index contributed by atoms with van der Waals surface area (Å²) in [5.74, 6) is 2.14. The number of amides is 1. The number of hydrogen-bond donors (Lipinski definition) is 1. The van der Waals surface area contributed by atoms with Gasteiger partial charge in [-0.2, -0.15) is 0 Å². The third-order valence-electron chi connectivity index (χ3n) is 4.93. The average molecular weight is 359 g/mol. The number of rotatable bonds is 6. The van der Waals surface area contributed by atoms with Gasteiger partial charge in [0.2, 0.25) is 5.91 Å². The quantitative estimate of drug-likeness (QED) is 0.661. The highest BCUT2D eigenvalue weighted by atomic mass is 16.5. The molecule has 1 aliphatic rings. The number of nitrogens with one attached hydrogen (secondary N) is 1. The van der Waals surface area contributed by atoms with E-state index >= 15 is 0 Å². The van der Waals surface area contributed by atoms with Crippen LogP contribution in [-0.2, 0) is 10.2 Å². The summed E-state index contributed by atoms with van der Waals surface area (Å²) in [7, 11) is 1.64. The van der Waals surface area contributed by atoms with Crippen LogP contribution in [0.5, 0.6) is 17.2 Å². The van der Waals surface area contributed by atoms with Gasteiger partial charge >= 0.3 is 0 Å². The Bertz CT molecular complexity index is 931. The molecule has 1 amide bonds. The first kappa shape index (κ1) is 17.2. The molecule has 0 atom stereocenters. The zero-order valence-corrected chi connectivity index (χ0v) is 15.1. The first-order chi connectivity index (χ1) is 13.2. The van der Waals surface area contributed by atoms with Gasteiger partial charge in [0.25, 0.3) is 0 Å². The fourth-order valence-electron chi connectivity index (χ4n) is 3.20. The molecule has 4 nitrogen and oxygen atoms in total. The lowest BCUT2D eigenvalue weighted by molar-refractivity contribution is -0.118. The second-order valence-corrected chi connectivity index (χ2v) is 6.68. The summed E-state index contributed by atoms with van der Waals surface area (Å²) in [5.41, 5.74) is 1.22. The van der Waals surface area contributed by atoms with Gasteiger partial charge in [-0.15, -0.1) is 0 Å². The molecule has 0 saturated heterocycles. The van der Waals surface area contributed by atoms with E-state index < -0.39 is 5.41 Å². The van der Waals surface area contributed by atoms with Gasteiger partial charge in [0, 0.05) is 0 Å². The monoisotopic (exact) mass is 359 g/mol. The van der Waals surface area contributed by atoms with Crippen LogP contribution in [0.3, 0.4) is 0 Å². The number of para-hydroxylation sites is 3. The summed E-state index contributed by atoms with van der Waals surface area (Å²) in [6.45, 7) is 0. The molecule has 3 aromatic rings. The second kappa shape index (κ2) is 7.16. The zero-order valence-electron chi connectivity index (χ0n) is 15.1. The van der Waals surface area contributed by atoms with Crippen molar-refractivity contribution in [3.05, 3.63) is 84.4 Å². The fourth-order valence-corrected chi connectivity index (χ4v) is 3.20. The summed E-state index contributed by atoms with van der Waals surface area (Å²) in [6, 6.07) is 24.8. The molecule has 27 heavy (non-hydrogen) atoms. The van der Waals surface area contributed by atoms with Crippen molar-refractivity contribution in [3.63, 3.8) is 0 Å². The molecule has 136 valence electrons. The molecule has 1 saturated carbocycles. The van der Waals surface area contributed by atoms with Gasteiger partial charge in [-0.05, 0) is 54.8 Å². The minimum atomic E-state index is -0.466. The molecule has 3 aromatic carbocycles. The number of methoxy groups -OCH3 is 1. The van der Waals surface area contributed by atoms with E-state index in [0.717, 1.165) is 29.9 Å². The molecule has 0 bridgehead atoms. The van der Waals surface area contributed by atoms with Crippen molar-refractivity contribution in [3.8, 4) is 17.2 Å². The molecule has 0 unspecified atom stereocenters. The molecule has 0 heterocycles. The average Bonchev–Trinajstić information content (AvgIpc) is 3.52. The minimum Gasteiger partial charge on any atom is -0.497 e. The van der Waals surface area contributed by atoms with Crippen molar-refractivity contribution in [1.82, 2.24) is 0 Å². The maximum atomic E-state index is 13.1. The van der Waals surface area contributed by atoms with Crippen LogP contribution in [0.15, 0.2) is 78.9 Å². The van der Waals surface area contributed by atoms with Crippen molar-refractivity contribution in [2.45, 2.75) is 18.3 Å². The molecule has 1 fully saturated rings. The summed E-state index contributed by atoms with van der Waals surface area (Å²) in [5, 5.41) is 3.07. The Balaban J connectivity index is 1.54. The van der Waals surface area contributed by atoms with Crippen LogP contribution in [0.1, 0.15) is 18.4 Å². The minimum absolute atomic E-state index is 0.00298. The molecule has 4 heteroatoms. The summed E-state index contributed by atoms with van der Waals surface area (Å²) in [6.07, 6.45) is 1.68. The SMILES string of the molecule is COc1ccc(C2(C(=O)Nc3ccccc3Oc3ccccc3)CC2)cc1. The van der Waals surface area contributed by atoms with Crippen LogP contribution in [0.25, 0.3) is 0 Å². The van der Waals surface area contributed by atoms with Crippen molar-refractivity contribution < 1.29 is 14.3 Å². The molecule has 1 aliphatic carbocycles. The van der Waals surface area contributed by atoms with Gasteiger partial charge in [0.05, 0.1) is 18.2 Å². The van der Waals surface area contributed by atoms with Crippen LogP contribution in [0.2, 0.25) is 0 Å². The van der Waals surface area contributed by atoms with Crippen LogP contribution in [0.4, 0.5) is 5.69 Å². The maximum Gasteiger partial charge on any atom is 0.235 e. The van der Waals surface area contributed by atoms with Crippen LogP contribution in [0, 0.1) is 0 Å². The third-order valence-corrected chi connectivity index (χ3v) is 4.93. The Morgan fingerprint density at radius 2 is 1.52 bits per heavy atom. The molecular formula is C23H21NO3. The number of hydrogen-bond acceptors (Lipinski definition) is 3. The van der Waals surface area contributed by atoms with E-state index in [1.807, 2.05) is 78.9 Å². The normalized spacial score (nSPS) is 14.3. The van der Waals surface area contributed by atoms with E-state index in [1.165, 1.54) is 0 Å². The lowest BCUT2D eigenvalue weighted by atomic mass is 9.94. The number of benzene rings is 3. The Hall–Kier alpha value is -3.27. The summed E-state index contributed by atoms with van der Waals surface area (Å²) < 4.78 is 11.2. The predicted molar refractivity (Wildman–Crippen MR) is 105 cm³/mol. The second-order valence-electron chi connectivity index (χ2n) is 6.68. The topological polar surface area (TPSA) is 47.6 Å². The highest BCUT2D eigenvalue weighted by Gasteiger charge is 2.51. The van der Waals surface area contributed by atoms with Gasteiger partial charge in [-0.1, -0.05) is 42.5 Å². The largest absolute Gasteiger partial charge is 0.497 e. The highest BCUT2D eigenvalue weighted by Crippen LogP contribution is 2.49. The molecule has 0 aromatic heterocycles. The Labute approximate surface area is 158 Å². The maximum absolute atomic E-state index is 13.1. The van der Waals surface area contributed by atoms with Crippen molar-refractivity contribution in [2.75, 3.05) is 12.4 Å². The van der Waals surface area contributed by atoms with E-state index in [4.69, 9.17) is 9.47 Å².